The summed E-state index contributed by atoms with van der Waals surface area (Å²) in [6.07, 6.45) is 1.61. The zero-order valence-electron chi connectivity index (χ0n) is 16.7. The van der Waals surface area contributed by atoms with E-state index in [9.17, 15) is 0 Å². The minimum absolute atomic E-state index is 0.263. The first-order chi connectivity index (χ1) is 15.2. The quantitative estimate of drug-likeness (QED) is 0.457. The smallest absolute Gasteiger partial charge is 0.247 e. The number of para-hydroxylation sites is 1. The van der Waals surface area contributed by atoms with Crippen molar-refractivity contribution in [2.45, 2.75) is 13.0 Å². The van der Waals surface area contributed by atoms with Crippen LogP contribution < -0.4 is 15.0 Å². The van der Waals surface area contributed by atoms with E-state index in [1.807, 2.05) is 84.9 Å². The number of hydrogen-bond acceptors (Lipinski definition) is 7. The molecule has 1 aliphatic heterocycles. The average Bonchev–Trinajstić information content (AvgIpc) is 3.45. The van der Waals surface area contributed by atoms with Gasteiger partial charge < -0.3 is 13.9 Å². The number of aromatic nitrogens is 2. The fourth-order valence-corrected chi connectivity index (χ4v) is 3.10. The van der Waals surface area contributed by atoms with Gasteiger partial charge in [-0.25, -0.2) is 5.48 Å². The molecule has 7 heteroatoms. The van der Waals surface area contributed by atoms with Crippen LogP contribution in [0.25, 0.3) is 11.5 Å². The van der Waals surface area contributed by atoms with E-state index in [-0.39, 0.29) is 6.10 Å². The van der Waals surface area contributed by atoms with Crippen LogP contribution in [0.4, 0.5) is 0 Å². The van der Waals surface area contributed by atoms with Crippen LogP contribution in [0.1, 0.15) is 17.6 Å². The zero-order chi connectivity index (χ0) is 21.0. The molecule has 0 saturated carbocycles. The molecular weight excluding hydrogens is 394 g/mol. The number of benzene rings is 3. The van der Waals surface area contributed by atoms with Crippen LogP contribution in [-0.2, 0) is 4.84 Å². The van der Waals surface area contributed by atoms with Gasteiger partial charge in [0.25, 0.3) is 0 Å². The molecule has 0 unspecified atom stereocenters. The van der Waals surface area contributed by atoms with Crippen LogP contribution in [-0.4, -0.2) is 10.2 Å². The van der Waals surface area contributed by atoms with Crippen molar-refractivity contribution in [3.8, 4) is 28.7 Å². The Bertz CT molecular complexity index is 1190. The summed E-state index contributed by atoms with van der Waals surface area (Å²) >= 11 is 0. The maximum absolute atomic E-state index is 5.86. The second-order valence-corrected chi connectivity index (χ2v) is 6.91. The predicted octanol–water partition coefficient (Wildman–Crippen LogP) is 5.33. The molecule has 1 N–H and O–H groups in total. The molecule has 5 rings (SSSR count). The number of hydrogen-bond donors (Lipinski definition) is 1. The van der Waals surface area contributed by atoms with Crippen molar-refractivity contribution < 1.29 is 18.7 Å². The third-order valence-electron chi connectivity index (χ3n) is 4.63. The van der Waals surface area contributed by atoms with Crippen molar-refractivity contribution in [1.29, 1.82) is 0 Å². The van der Waals surface area contributed by atoms with Gasteiger partial charge in [0.15, 0.2) is 0 Å². The van der Waals surface area contributed by atoms with E-state index in [4.69, 9.17) is 18.7 Å². The summed E-state index contributed by atoms with van der Waals surface area (Å²) in [6.45, 7) is 1.76. The summed E-state index contributed by atoms with van der Waals surface area (Å²) in [5.74, 6) is 3.75. The highest BCUT2D eigenvalue weighted by atomic mass is 16.7. The topological polar surface area (TPSA) is 78.6 Å². The molecule has 0 spiro atoms. The van der Waals surface area contributed by atoms with E-state index >= 15 is 0 Å². The Kier molecular flexibility index (Phi) is 5.08. The standard InChI is InChI=1S/C24H19N3O4/c1-16-25-26-24(28-16)18-9-13-21(14-10-18)30-23-15-22(31-27-23)17-7-11-20(12-8-17)29-19-5-3-2-4-6-19/h2-15,22,27H,1H3/t22-/m1/s1. The van der Waals surface area contributed by atoms with Gasteiger partial charge in [0.05, 0.1) is 0 Å². The van der Waals surface area contributed by atoms with Crippen molar-refractivity contribution in [3.63, 3.8) is 0 Å². The summed E-state index contributed by atoms with van der Waals surface area (Å²) in [4.78, 5) is 5.64. The molecule has 0 amide bonds. The van der Waals surface area contributed by atoms with Crippen LogP contribution >= 0.6 is 0 Å². The first-order valence-corrected chi connectivity index (χ1v) is 9.78. The lowest BCUT2D eigenvalue weighted by atomic mass is 10.1. The second-order valence-electron chi connectivity index (χ2n) is 6.91. The lowest BCUT2D eigenvalue weighted by Gasteiger charge is -2.09. The van der Waals surface area contributed by atoms with Crippen molar-refractivity contribution in [2.75, 3.05) is 0 Å². The van der Waals surface area contributed by atoms with Gasteiger partial charge in [0.2, 0.25) is 17.7 Å². The van der Waals surface area contributed by atoms with Crippen molar-refractivity contribution >= 4 is 0 Å². The molecule has 0 radical (unpaired) electrons. The molecule has 0 bridgehead atoms. The number of aryl methyl sites for hydroxylation is 1. The molecule has 0 fully saturated rings. The molecule has 3 aromatic carbocycles. The fourth-order valence-electron chi connectivity index (χ4n) is 3.10. The molecule has 154 valence electrons. The highest BCUT2D eigenvalue weighted by Gasteiger charge is 2.20. The van der Waals surface area contributed by atoms with Crippen LogP contribution in [0.3, 0.4) is 0 Å². The molecule has 0 saturated heterocycles. The van der Waals surface area contributed by atoms with E-state index in [2.05, 4.69) is 15.7 Å². The minimum atomic E-state index is -0.263. The van der Waals surface area contributed by atoms with E-state index in [1.54, 1.807) is 6.92 Å². The monoisotopic (exact) mass is 413 g/mol. The van der Waals surface area contributed by atoms with Gasteiger partial charge in [-0.1, -0.05) is 30.3 Å². The van der Waals surface area contributed by atoms with Gasteiger partial charge in [0.1, 0.15) is 23.4 Å². The molecule has 1 atom stereocenters. The van der Waals surface area contributed by atoms with Gasteiger partial charge in [-0.2, -0.15) is 0 Å². The predicted molar refractivity (Wildman–Crippen MR) is 113 cm³/mol. The Morgan fingerprint density at radius 2 is 1.45 bits per heavy atom. The van der Waals surface area contributed by atoms with Crippen LogP contribution in [0.15, 0.2) is 95.2 Å². The molecule has 1 aromatic heterocycles. The molecule has 0 aliphatic carbocycles. The number of nitrogens with zero attached hydrogens (tertiary/aromatic N) is 2. The van der Waals surface area contributed by atoms with Crippen LogP contribution in [0.2, 0.25) is 0 Å². The first-order valence-electron chi connectivity index (χ1n) is 9.78. The number of ether oxygens (including phenoxy) is 2. The molecule has 2 heterocycles. The van der Waals surface area contributed by atoms with Crippen molar-refractivity contribution in [3.05, 3.63) is 102 Å². The Hall–Kier alpha value is -4.10. The normalized spacial score (nSPS) is 15.3. The second kappa shape index (κ2) is 8.33. The Balaban J connectivity index is 1.22. The van der Waals surface area contributed by atoms with Gasteiger partial charge in [-0.05, 0) is 54.1 Å². The summed E-state index contributed by atoms with van der Waals surface area (Å²) in [7, 11) is 0. The van der Waals surface area contributed by atoms with Gasteiger partial charge in [-0.15, -0.1) is 10.2 Å². The van der Waals surface area contributed by atoms with E-state index in [0.29, 0.717) is 23.4 Å². The Morgan fingerprint density at radius 3 is 2.16 bits per heavy atom. The lowest BCUT2D eigenvalue weighted by Crippen LogP contribution is -2.12. The molecule has 4 aromatic rings. The average molecular weight is 413 g/mol. The molecular formula is C24H19N3O4. The highest BCUT2D eigenvalue weighted by molar-refractivity contribution is 5.54. The van der Waals surface area contributed by atoms with E-state index < -0.39 is 0 Å². The third-order valence-corrected chi connectivity index (χ3v) is 4.63. The fraction of sp³-hybridized carbons (Fsp3) is 0.0833. The number of nitrogens with one attached hydrogen (secondary N) is 1. The zero-order valence-corrected chi connectivity index (χ0v) is 16.7. The van der Waals surface area contributed by atoms with E-state index in [0.717, 1.165) is 22.6 Å². The van der Waals surface area contributed by atoms with Gasteiger partial charge in [0, 0.05) is 18.6 Å². The molecule has 1 aliphatic rings. The van der Waals surface area contributed by atoms with Crippen molar-refractivity contribution in [2.24, 2.45) is 0 Å². The van der Waals surface area contributed by atoms with Crippen molar-refractivity contribution in [1.82, 2.24) is 15.7 Å². The van der Waals surface area contributed by atoms with Crippen LogP contribution in [0.5, 0.6) is 17.2 Å². The summed E-state index contributed by atoms with van der Waals surface area (Å²) < 4.78 is 17.1. The molecule has 31 heavy (non-hydrogen) atoms. The van der Waals surface area contributed by atoms with Gasteiger partial charge >= 0.3 is 0 Å². The SMILES string of the molecule is Cc1nnc(-c2ccc(OC3=C[C@H](c4ccc(Oc5ccccc5)cc4)ON3)cc2)o1. The maximum atomic E-state index is 5.86. The largest absolute Gasteiger partial charge is 0.457 e. The summed E-state index contributed by atoms with van der Waals surface area (Å²) in [5.41, 5.74) is 4.63. The minimum Gasteiger partial charge on any atom is -0.457 e. The third kappa shape index (κ3) is 4.41. The molecule has 7 nitrogen and oxygen atoms in total. The number of hydroxylamine groups is 1. The Morgan fingerprint density at radius 1 is 0.774 bits per heavy atom. The van der Waals surface area contributed by atoms with Gasteiger partial charge in [-0.3, -0.25) is 4.84 Å². The lowest BCUT2D eigenvalue weighted by molar-refractivity contribution is 0.0273. The maximum Gasteiger partial charge on any atom is 0.247 e. The highest BCUT2D eigenvalue weighted by Crippen LogP contribution is 2.29. The van der Waals surface area contributed by atoms with Crippen LogP contribution in [0, 0.1) is 6.92 Å². The van der Waals surface area contributed by atoms with E-state index in [1.165, 1.54) is 0 Å². The summed E-state index contributed by atoms with van der Waals surface area (Å²) in [6, 6.07) is 24.8. The number of rotatable bonds is 6. The first kappa shape index (κ1) is 18.9. The summed E-state index contributed by atoms with van der Waals surface area (Å²) in [5, 5.41) is 7.85. The Labute approximate surface area is 178 Å².